The minimum absolute atomic E-state index is 0.134. The normalized spacial score (nSPS) is 13.3. The molecular formula is C19H21NO3. The van der Waals surface area contributed by atoms with E-state index in [1.165, 1.54) is 5.56 Å². The summed E-state index contributed by atoms with van der Waals surface area (Å²) in [5, 5.41) is 2.98. The molecule has 3 rings (SSSR count). The van der Waals surface area contributed by atoms with Crippen LogP contribution in [0.2, 0.25) is 0 Å². The topological polar surface area (TPSA) is 47.6 Å². The summed E-state index contributed by atoms with van der Waals surface area (Å²) in [4.78, 5) is 12.6. The van der Waals surface area contributed by atoms with E-state index in [1.54, 1.807) is 6.07 Å². The molecule has 23 heavy (non-hydrogen) atoms. The van der Waals surface area contributed by atoms with E-state index in [4.69, 9.17) is 9.47 Å². The third kappa shape index (κ3) is 3.31. The fourth-order valence-electron chi connectivity index (χ4n) is 2.70. The molecule has 1 N–H and O–H groups in total. The Kier molecular flexibility index (Phi) is 4.24. The van der Waals surface area contributed by atoms with Gasteiger partial charge in [-0.2, -0.15) is 0 Å². The highest BCUT2D eigenvalue weighted by Gasteiger charge is 2.17. The van der Waals surface area contributed by atoms with Crippen LogP contribution in [0.5, 0.6) is 11.5 Å². The fourth-order valence-corrected chi connectivity index (χ4v) is 2.70. The number of carbonyl (C=O) groups is 1. The van der Waals surface area contributed by atoms with Crippen molar-refractivity contribution in [3.63, 3.8) is 0 Å². The summed E-state index contributed by atoms with van der Waals surface area (Å²) < 4.78 is 11.3. The molecule has 0 atom stereocenters. The molecule has 0 saturated heterocycles. The van der Waals surface area contributed by atoms with E-state index in [-0.39, 0.29) is 5.91 Å². The molecule has 2 aromatic rings. The van der Waals surface area contributed by atoms with Crippen molar-refractivity contribution in [3.8, 4) is 11.5 Å². The van der Waals surface area contributed by atoms with Crippen LogP contribution in [0.15, 0.2) is 30.3 Å². The summed E-state index contributed by atoms with van der Waals surface area (Å²) in [7, 11) is 0. The summed E-state index contributed by atoms with van der Waals surface area (Å²) in [6.45, 7) is 7.18. The van der Waals surface area contributed by atoms with Gasteiger partial charge in [-0.25, -0.2) is 0 Å². The minimum atomic E-state index is -0.134. The molecule has 4 nitrogen and oxygen atoms in total. The number of anilines is 1. The van der Waals surface area contributed by atoms with Crippen molar-refractivity contribution >= 4 is 11.6 Å². The van der Waals surface area contributed by atoms with Crippen LogP contribution in [0.4, 0.5) is 5.69 Å². The van der Waals surface area contributed by atoms with Crippen LogP contribution in [0, 0.1) is 20.8 Å². The Hall–Kier alpha value is -2.49. The van der Waals surface area contributed by atoms with Gasteiger partial charge >= 0.3 is 0 Å². The number of hydrogen-bond donors (Lipinski definition) is 1. The number of ether oxygens (including phenoxy) is 2. The van der Waals surface area contributed by atoms with Gasteiger partial charge in [0.15, 0.2) is 11.5 Å². The molecule has 0 radical (unpaired) electrons. The highest BCUT2D eigenvalue weighted by molar-refractivity contribution is 6.06. The van der Waals surface area contributed by atoms with E-state index in [0.29, 0.717) is 30.3 Å². The molecule has 0 fully saturated rings. The summed E-state index contributed by atoms with van der Waals surface area (Å²) >= 11 is 0. The Morgan fingerprint density at radius 1 is 0.957 bits per heavy atom. The summed E-state index contributed by atoms with van der Waals surface area (Å²) in [5.41, 5.74) is 4.52. The van der Waals surface area contributed by atoms with Gasteiger partial charge in [0, 0.05) is 17.7 Å². The van der Waals surface area contributed by atoms with Crippen molar-refractivity contribution in [2.24, 2.45) is 0 Å². The van der Waals surface area contributed by atoms with Gasteiger partial charge in [0.2, 0.25) is 0 Å². The van der Waals surface area contributed by atoms with Gasteiger partial charge in [-0.05, 0) is 50.1 Å². The second-order valence-electron chi connectivity index (χ2n) is 5.94. The number of nitrogens with one attached hydrogen (secondary N) is 1. The number of fused-ring (bicyclic) bond motifs is 1. The summed E-state index contributed by atoms with van der Waals surface area (Å²) in [5.74, 6) is 1.21. The van der Waals surface area contributed by atoms with Crippen LogP contribution in [-0.2, 0) is 0 Å². The Morgan fingerprint density at radius 2 is 1.65 bits per heavy atom. The zero-order chi connectivity index (χ0) is 16.4. The van der Waals surface area contributed by atoms with Crippen LogP contribution in [0.1, 0.15) is 33.5 Å². The maximum absolute atomic E-state index is 12.6. The number of amides is 1. The first kappa shape index (κ1) is 15.4. The van der Waals surface area contributed by atoms with Gasteiger partial charge in [-0.3, -0.25) is 4.79 Å². The first-order chi connectivity index (χ1) is 11.0. The second-order valence-corrected chi connectivity index (χ2v) is 5.94. The van der Waals surface area contributed by atoms with Gasteiger partial charge in [-0.15, -0.1) is 0 Å². The van der Waals surface area contributed by atoms with Crippen LogP contribution < -0.4 is 14.8 Å². The number of benzene rings is 2. The molecule has 0 saturated carbocycles. The van der Waals surface area contributed by atoms with Crippen LogP contribution in [0.3, 0.4) is 0 Å². The first-order valence-electron chi connectivity index (χ1n) is 7.83. The Labute approximate surface area is 136 Å². The van der Waals surface area contributed by atoms with E-state index in [1.807, 2.05) is 39.0 Å². The molecule has 120 valence electrons. The molecule has 1 amide bonds. The number of aryl methyl sites for hydroxylation is 3. The van der Waals surface area contributed by atoms with Crippen molar-refractivity contribution in [1.82, 2.24) is 0 Å². The average Bonchev–Trinajstić information content (AvgIpc) is 2.74. The monoisotopic (exact) mass is 311 g/mol. The molecule has 2 aromatic carbocycles. The highest BCUT2D eigenvalue weighted by Crippen LogP contribution is 2.33. The smallest absolute Gasteiger partial charge is 0.256 e. The van der Waals surface area contributed by atoms with Gasteiger partial charge in [0.05, 0.1) is 13.2 Å². The Bertz CT molecular complexity index is 753. The fraction of sp³-hybridized carbons (Fsp3) is 0.316. The maximum Gasteiger partial charge on any atom is 0.256 e. The molecular weight excluding hydrogens is 290 g/mol. The van der Waals surface area contributed by atoms with Gasteiger partial charge in [0.25, 0.3) is 5.91 Å². The summed E-state index contributed by atoms with van der Waals surface area (Å²) in [6, 6.07) is 9.62. The molecule has 0 bridgehead atoms. The van der Waals surface area contributed by atoms with Crippen molar-refractivity contribution in [1.29, 1.82) is 0 Å². The van der Waals surface area contributed by atoms with E-state index < -0.39 is 0 Å². The standard InChI is InChI=1S/C19H21NO3/c1-12-5-6-16(14(3)9-12)20-19(21)15-11-18-17(10-13(15)2)22-7-4-8-23-18/h5-6,9-11H,4,7-8H2,1-3H3,(H,20,21). The first-order valence-corrected chi connectivity index (χ1v) is 7.83. The predicted molar refractivity (Wildman–Crippen MR) is 90.7 cm³/mol. The van der Waals surface area contributed by atoms with Crippen LogP contribution in [0.25, 0.3) is 0 Å². The largest absolute Gasteiger partial charge is 0.490 e. The molecule has 0 aliphatic carbocycles. The van der Waals surface area contributed by atoms with Crippen molar-refractivity contribution in [2.45, 2.75) is 27.2 Å². The lowest BCUT2D eigenvalue weighted by atomic mass is 10.1. The zero-order valence-electron chi connectivity index (χ0n) is 13.7. The lowest BCUT2D eigenvalue weighted by Gasteiger charge is -2.14. The maximum atomic E-state index is 12.6. The van der Waals surface area contributed by atoms with E-state index in [9.17, 15) is 4.79 Å². The van der Waals surface area contributed by atoms with E-state index >= 15 is 0 Å². The predicted octanol–water partition coefficient (Wildman–Crippen LogP) is 4.03. The number of carbonyl (C=O) groups excluding carboxylic acids is 1. The number of rotatable bonds is 2. The van der Waals surface area contributed by atoms with Crippen molar-refractivity contribution < 1.29 is 14.3 Å². The molecule has 0 aromatic heterocycles. The third-order valence-corrected chi connectivity index (χ3v) is 3.97. The molecule has 4 heteroatoms. The lowest BCUT2D eigenvalue weighted by Crippen LogP contribution is -2.14. The molecule has 1 aliphatic heterocycles. The molecule has 0 unspecified atom stereocenters. The van der Waals surface area contributed by atoms with E-state index in [2.05, 4.69) is 11.4 Å². The van der Waals surface area contributed by atoms with Gasteiger partial charge < -0.3 is 14.8 Å². The Morgan fingerprint density at radius 3 is 2.35 bits per heavy atom. The molecule has 1 heterocycles. The van der Waals surface area contributed by atoms with Crippen molar-refractivity contribution in [2.75, 3.05) is 18.5 Å². The van der Waals surface area contributed by atoms with Gasteiger partial charge in [-0.1, -0.05) is 17.7 Å². The van der Waals surface area contributed by atoms with Crippen LogP contribution >= 0.6 is 0 Å². The third-order valence-electron chi connectivity index (χ3n) is 3.97. The highest BCUT2D eigenvalue weighted by atomic mass is 16.5. The van der Waals surface area contributed by atoms with Crippen molar-refractivity contribution in [3.05, 3.63) is 52.6 Å². The lowest BCUT2D eigenvalue weighted by molar-refractivity contribution is 0.102. The summed E-state index contributed by atoms with van der Waals surface area (Å²) in [6.07, 6.45) is 0.845. The Balaban J connectivity index is 1.88. The van der Waals surface area contributed by atoms with E-state index in [0.717, 1.165) is 23.2 Å². The molecule has 0 spiro atoms. The quantitative estimate of drug-likeness (QED) is 0.911. The second kappa shape index (κ2) is 6.32. The average molecular weight is 311 g/mol. The van der Waals surface area contributed by atoms with Crippen LogP contribution in [-0.4, -0.2) is 19.1 Å². The molecule has 1 aliphatic rings. The SMILES string of the molecule is Cc1ccc(NC(=O)c2cc3c(cc2C)OCCCO3)c(C)c1. The zero-order valence-corrected chi connectivity index (χ0v) is 13.7. The number of hydrogen-bond acceptors (Lipinski definition) is 3. The minimum Gasteiger partial charge on any atom is -0.490 e. The van der Waals surface area contributed by atoms with Gasteiger partial charge in [0.1, 0.15) is 0 Å².